The minimum atomic E-state index is -0.454. The average molecular weight is 195 g/mol. The minimum Gasteiger partial charge on any atom is -0.385 e. The van der Waals surface area contributed by atoms with Crippen molar-refractivity contribution < 1.29 is 5.11 Å². The fraction of sp³-hybridized carbons (Fsp3) is 0.800. The van der Waals surface area contributed by atoms with Gasteiger partial charge in [0.05, 0.1) is 0 Å². The first kappa shape index (κ1) is 9.65. The number of H-pyrrole nitrogens is 1. The number of hydrogen-bond acceptors (Lipinski definition) is 3. The van der Waals surface area contributed by atoms with Gasteiger partial charge in [0.2, 0.25) is 0 Å². The van der Waals surface area contributed by atoms with Gasteiger partial charge in [-0.05, 0) is 24.7 Å². The van der Waals surface area contributed by atoms with Crippen LogP contribution >= 0.6 is 0 Å². The number of hydrogen-bond donors (Lipinski definition) is 2. The number of nitrogens with one attached hydrogen (secondary N) is 1. The lowest BCUT2D eigenvalue weighted by molar-refractivity contribution is 0.0687. The number of nitrogens with zero attached hydrogens (tertiary/aromatic N) is 2. The molecule has 1 fully saturated rings. The van der Waals surface area contributed by atoms with E-state index >= 15 is 0 Å². The van der Waals surface area contributed by atoms with Crippen molar-refractivity contribution >= 4 is 0 Å². The van der Waals surface area contributed by atoms with Gasteiger partial charge in [-0.2, -0.15) is 5.10 Å². The molecule has 4 nitrogen and oxygen atoms in total. The minimum absolute atomic E-state index is 0.360. The van der Waals surface area contributed by atoms with Crippen molar-refractivity contribution in [1.29, 1.82) is 0 Å². The number of rotatable bonds is 2. The molecule has 0 aliphatic heterocycles. The van der Waals surface area contributed by atoms with Crippen molar-refractivity contribution in [2.75, 3.05) is 0 Å². The summed E-state index contributed by atoms with van der Waals surface area (Å²) in [6, 6.07) is 0. The van der Waals surface area contributed by atoms with E-state index in [0.717, 1.165) is 18.8 Å². The Morgan fingerprint density at radius 3 is 2.71 bits per heavy atom. The molecular formula is C10H17N3O. The molecule has 2 N–H and O–H groups in total. The molecule has 0 radical (unpaired) electrons. The summed E-state index contributed by atoms with van der Waals surface area (Å²) in [6.07, 6.45) is 5.63. The molecule has 1 aromatic rings. The van der Waals surface area contributed by atoms with E-state index in [1.807, 2.05) is 0 Å². The zero-order valence-electron chi connectivity index (χ0n) is 8.48. The molecule has 2 rings (SSSR count). The molecule has 0 saturated heterocycles. The summed E-state index contributed by atoms with van der Waals surface area (Å²) in [5, 5.41) is 16.5. The van der Waals surface area contributed by atoms with Crippen molar-refractivity contribution in [1.82, 2.24) is 15.2 Å². The van der Waals surface area contributed by atoms with Crippen molar-refractivity contribution in [3.63, 3.8) is 0 Å². The van der Waals surface area contributed by atoms with E-state index in [1.165, 1.54) is 19.2 Å². The van der Waals surface area contributed by atoms with E-state index in [-0.39, 0.29) is 0 Å². The first-order valence-electron chi connectivity index (χ1n) is 5.30. The maximum atomic E-state index is 9.99. The van der Waals surface area contributed by atoms with Crippen LogP contribution in [0, 0.1) is 11.8 Å². The van der Waals surface area contributed by atoms with Gasteiger partial charge in [0.15, 0.2) is 5.82 Å². The molecule has 78 valence electrons. The third-order valence-corrected chi connectivity index (χ3v) is 3.22. The van der Waals surface area contributed by atoms with Gasteiger partial charge in [0.1, 0.15) is 12.4 Å². The standard InChI is InChI=1S/C10H17N3O/c1-7-2-4-8(5-3-7)9(14)10-11-6-12-13-10/h6-9,14H,2-5H2,1H3,(H,11,12,13). The predicted molar refractivity (Wildman–Crippen MR) is 52.5 cm³/mol. The third-order valence-electron chi connectivity index (χ3n) is 3.22. The predicted octanol–water partition coefficient (Wildman–Crippen LogP) is 1.66. The van der Waals surface area contributed by atoms with E-state index in [2.05, 4.69) is 22.1 Å². The SMILES string of the molecule is CC1CCC(C(O)c2ncn[nH]2)CC1. The summed E-state index contributed by atoms with van der Waals surface area (Å²) >= 11 is 0. The van der Waals surface area contributed by atoms with E-state index in [0.29, 0.717) is 11.7 Å². The van der Waals surface area contributed by atoms with Crippen molar-refractivity contribution in [3.8, 4) is 0 Å². The van der Waals surface area contributed by atoms with Crippen LogP contribution in [0.5, 0.6) is 0 Å². The molecule has 1 heterocycles. The molecule has 0 amide bonds. The molecule has 4 heteroatoms. The summed E-state index contributed by atoms with van der Waals surface area (Å²) in [6.45, 7) is 2.27. The number of aromatic nitrogens is 3. The van der Waals surface area contributed by atoms with Crippen molar-refractivity contribution in [2.24, 2.45) is 11.8 Å². The second-order valence-electron chi connectivity index (χ2n) is 4.34. The molecule has 14 heavy (non-hydrogen) atoms. The molecule has 1 atom stereocenters. The average Bonchev–Trinajstić information content (AvgIpc) is 2.71. The molecule has 1 aliphatic carbocycles. The topological polar surface area (TPSA) is 61.8 Å². The largest absolute Gasteiger partial charge is 0.385 e. The van der Waals surface area contributed by atoms with E-state index in [9.17, 15) is 5.11 Å². The lowest BCUT2D eigenvalue weighted by Crippen LogP contribution is -2.20. The van der Waals surface area contributed by atoms with Gasteiger partial charge < -0.3 is 5.11 Å². The lowest BCUT2D eigenvalue weighted by Gasteiger charge is -2.28. The van der Waals surface area contributed by atoms with Gasteiger partial charge in [-0.25, -0.2) is 4.98 Å². The molecule has 0 bridgehead atoms. The van der Waals surface area contributed by atoms with Gasteiger partial charge in [0.25, 0.3) is 0 Å². The Morgan fingerprint density at radius 1 is 1.43 bits per heavy atom. The van der Waals surface area contributed by atoms with E-state index < -0.39 is 6.10 Å². The summed E-state index contributed by atoms with van der Waals surface area (Å²) in [4.78, 5) is 3.99. The first-order valence-corrected chi connectivity index (χ1v) is 5.30. The van der Waals surface area contributed by atoms with Crippen LogP contribution in [-0.4, -0.2) is 20.3 Å². The quantitative estimate of drug-likeness (QED) is 0.754. The van der Waals surface area contributed by atoms with Crippen LogP contribution in [0.4, 0.5) is 0 Å². The van der Waals surface area contributed by atoms with Crippen LogP contribution in [0.1, 0.15) is 44.5 Å². The van der Waals surface area contributed by atoms with Gasteiger partial charge >= 0.3 is 0 Å². The van der Waals surface area contributed by atoms with Crippen LogP contribution in [0.15, 0.2) is 6.33 Å². The Balaban J connectivity index is 1.95. The van der Waals surface area contributed by atoms with E-state index in [4.69, 9.17) is 0 Å². The Labute approximate surface area is 83.8 Å². The highest BCUT2D eigenvalue weighted by atomic mass is 16.3. The number of aromatic amines is 1. The molecule has 1 unspecified atom stereocenters. The molecule has 0 aromatic carbocycles. The Kier molecular flexibility index (Phi) is 2.82. The van der Waals surface area contributed by atoms with E-state index in [1.54, 1.807) is 0 Å². The zero-order chi connectivity index (χ0) is 9.97. The number of aliphatic hydroxyl groups excluding tert-OH is 1. The van der Waals surface area contributed by atoms with Crippen LogP contribution in [0.25, 0.3) is 0 Å². The Bertz CT molecular complexity index is 265. The normalized spacial score (nSPS) is 30.1. The molecule has 1 aromatic heterocycles. The Hall–Kier alpha value is -0.900. The highest BCUT2D eigenvalue weighted by Gasteiger charge is 2.27. The van der Waals surface area contributed by atoms with Crippen LogP contribution in [-0.2, 0) is 0 Å². The fourth-order valence-electron chi connectivity index (χ4n) is 2.18. The summed E-state index contributed by atoms with van der Waals surface area (Å²) in [7, 11) is 0. The molecule has 1 saturated carbocycles. The van der Waals surface area contributed by atoms with Gasteiger partial charge in [-0.1, -0.05) is 19.8 Å². The summed E-state index contributed by atoms with van der Waals surface area (Å²) in [5.41, 5.74) is 0. The van der Waals surface area contributed by atoms with Crippen LogP contribution in [0.3, 0.4) is 0 Å². The maximum Gasteiger partial charge on any atom is 0.153 e. The van der Waals surface area contributed by atoms with Crippen molar-refractivity contribution in [2.45, 2.75) is 38.7 Å². The molecular weight excluding hydrogens is 178 g/mol. The third kappa shape index (κ3) is 1.95. The molecule has 0 spiro atoms. The molecule has 1 aliphatic rings. The highest BCUT2D eigenvalue weighted by Crippen LogP contribution is 2.35. The van der Waals surface area contributed by atoms with Gasteiger partial charge in [-0.15, -0.1) is 0 Å². The fourth-order valence-corrected chi connectivity index (χ4v) is 2.18. The van der Waals surface area contributed by atoms with Gasteiger partial charge in [0, 0.05) is 0 Å². The monoisotopic (exact) mass is 195 g/mol. The zero-order valence-corrected chi connectivity index (χ0v) is 8.48. The first-order chi connectivity index (χ1) is 6.77. The lowest BCUT2D eigenvalue weighted by atomic mass is 9.80. The maximum absolute atomic E-state index is 9.99. The van der Waals surface area contributed by atoms with Crippen LogP contribution in [0.2, 0.25) is 0 Å². The van der Waals surface area contributed by atoms with Crippen LogP contribution < -0.4 is 0 Å². The second-order valence-corrected chi connectivity index (χ2v) is 4.34. The highest BCUT2D eigenvalue weighted by molar-refractivity contribution is 4.91. The second kappa shape index (κ2) is 4.09. The van der Waals surface area contributed by atoms with Crippen molar-refractivity contribution in [3.05, 3.63) is 12.2 Å². The summed E-state index contributed by atoms with van der Waals surface area (Å²) < 4.78 is 0. The summed E-state index contributed by atoms with van der Waals surface area (Å²) in [5.74, 6) is 1.79. The smallest absolute Gasteiger partial charge is 0.153 e. The number of aliphatic hydroxyl groups is 1. The van der Waals surface area contributed by atoms with Gasteiger partial charge in [-0.3, -0.25) is 5.10 Å². The Morgan fingerprint density at radius 2 is 2.14 bits per heavy atom.